The summed E-state index contributed by atoms with van der Waals surface area (Å²) >= 11 is 0. The third-order valence-electron chi connectivity index (χ3n) is 4.58. The maximum absolute atomic E-state index is 12.6. The van der Waals surface area contributed by atoms with E-state index in [2.05, 4.69) is 5.32 Å². The number of nitrogens with zero attached hydrogens (tertiary/aromatic N) is 1. The van der Waals surface area contributed by atoms with Crippen molar-refractivity contribution in [2.45, 2.75) is 27.2 Å². The lowest BCUT2D eigenvalue weighted by atomic mass is 10.1. The molecule has 3 rings (SSSR count). The minimum Gasteiger partial charge on any atom is -0.494 e. The molecule has 0 saturated carbocycles. The van der Waals surface area contributed by atoms with Gasteiger partial charge in [-0.2, -0.15) is 0 Å². The summed E-state index contributed by atoms with van der Waals surface area (Å²) in [6.07, 6.45) is 0.232. The Morgan fingerprint density at radius 1 is 1.19 bits per heavy atom. The number of aryl methyl sites for hydroxylation is 2. The first-order valence-corrected chi connectivity index (χ1v) is 8.89. The number of hydrogen-bond donors (Lipinski definition) is 1. The first-order valence-electron chi connectivity index (χ1n) is 8.89. The van der Waals surface area contributed by atoms with Crippen molar-refractivity contribution in [1.82, 2.24) is 0 Å². The van der Waals surface area contributed by atoms with Crippen molar-refractivity contribution in [2.24, 2.45) is 5.92 Å². The van der Waals surface area contributed by atoms with Gasteiger partial charge in [-0.25, -0.2) is 0 Å². The molecule has 2 aromatic rings. The highest BCUT2D eigenvalue weighted by molar-refractivity contribution is 6.03. The van der Waals surface area contributed by atoms with Crippen molar-refractivity contribution >= 4 is 23.2 Å². The molecule has 1 N–H and O–H groups in total. The number of hydrogen-bond acceptors (Lipinski definition) is 3. The predicted molar refractivity (Wildman–Crippen MR) is 103 cm³/mol. The summed E-state index contributed by atoms with van der Waals surface area (Å²) in [6, 6.07) is 13.3. The molecule has 1 unspecified atom stereocenters. The van der Waals surface area contributed by atoms with E-state index in [1.807, 2.05) is 63.2 Å². The van der Waals surface area contributed by atoms with E-state index >= 15 is 0 Å². The lowest BCUT2D eigenvalue weighted by Crippen LogP contribution is -2.28. The van der Waals surface area contributed by atoms with Crippen LogP contribution in [0.1, 0.15) is 24.5 Å². The van der Waals surface area contributed by atoms with Crippen LogP contribution in [0.5, 0.6) is 5.75 Å². The Morgan fingerprint density at radius 2 is 1.92 bits per heavy atom. The molecule has 0 aliphatic carbocycles. The SMILES string of the molecule is CCOc1ccc(NC(=O)C2CC(=O)N(c3cc(C)ccc3C)C2)cc1. The molecule has 0 aromatic heterocycles. The molecule has 0 bridgehead atoms. The molecule has 2 aromatic carbocycles. The fraction of sp³-hybridized carbons (Fsp3) is 0.333. The first kappa shape index (κ1) is 18.0. The van der Waals surface area contributed by atoms with Gasteiger partial charge in [0.2, 0.25) is 11.8 Å². The summed E-state index contributed by atoms with van der Waals surface area (Å²) in [5.74, 6) is 0.275. The molecule has 1 saturated heterocycles. The molecular formula is C21H24N2O3. The molecule has 0 radical (unpaired) electrons. The normalized spacial score (nSPS) is 16.7. The minimum absolute atomic E-state index is 0.00876. The zero-order valence-electron chi connectivity index (χ0n) is 15.4. The molecule has 5 heteroatoms. The van der Waals surface area contributed by atoms with E-state index < -0.39 is 0 Å². The number of amides is 2. The van der Waals surface area contributed by atoms with Gasteiger partial charge in [-0.1, -0.05) is 12.1 Å². The largest absolute Gasteiger partial charge is 0.494 e. The maximum Gasteiger partial charge on any atom is 0.229 e. The van der Waals surface area contributed by atoms with E-state index in [0.29, 0.717) is 18.8 Å². The Bertz CT molecular complexity index is 815. The molecule has 136 valence electrons. The Labute approximate surface area is 154 Å². The lowest BCUT2D eigenvalue weighted by Gasteiger charge is -2.19. The zero-order valence-corrected chi connectivity index (χ0v) is 15.4. The van der Waals surface area contributed by atoms with E-state index in [1.165, 1.54) is 0 Å². The third-order valence-corrected chi connectivity index (χ3v) is 4.58. The highest BCUT2D eigenvalue weighted by atomic mass is 16.5. The van der Waals surface area contributed by atoms with Crippen LogP contribution in [0, 0.1) is 19.8 Å². The molecule has 1 aliphatic rings. The van der Waals surface area contributed by atoms with Gasteiger partial charge in [0.25, 0.3) is 0 Å². The van der Waals surface area contributed by atoms with Gasteiger partial charge >= 0.3 is 0 Å². The Balaban J connectivity index is 1.68. The Hall–Kier alpha value is -2.82. The van der Waals surface area contributed by atoms with Crippen LogP contribution < -0.4 is 15.0 Å². The monoisotopic (exact) mass is 352 g/mol. The van der Waals surface area contributed by atoms with Crippen LogP contribution in [0.4, 0.5) is 11.4 Å². The van der Waals surface area contributed by atoms with Gasteiger partial charge < -0.3 is 15.0 Å². The number of anilines is 2. The van der Waals surface area contributed by atoms with Crippen LogP contribution in [0.3, 0.4) is 0 Å². The van der Waals surface area contributed by atoms with E-state index in [-0.39, 0.29) is 24.2 Å². The summed E-state index contributed by atoms with van der Waals surface area (Å²) in [7, 11) is 0. The quantitative estimate of drug-likeness (QED) is 0.893. The van der Waals surface area contributed by atoms with Gasteiger partial charge in [-0.15, -0.1) is 0 Å². The van der Waals surface area contributed by atoms with E-state index in [4.69, 9.17) is 4.74 Å². The molecule has 5 nitrogen and oxygen atoms in total. The van der Waals surface area contributed by atoms with Gasteiger partial charge in [0.05, 0.1) is 12.5 Å². The fourth-order valence-electron chi connectivity index (χ4n) is 3.17. The lowest BCUT2D eigenvalue weighted by molar-refractivity contribution is -0.122. The van der Waals surface area contributed by atoms with Gasteiger partial charge in [-0.05, 0) is 62.2 Å². The third kappa shape index (κ3) is 3.87. The second-order valence-corrected chi connectivity index (χ2v) is 6.64. The average molecular weight is 352 g/mol. The summed E-state index contributed by atoms with van der Waals surface area (Å²) in [4.78, 5) is 26.8. The van der Waals surface area contributed by atoms with Crippen molar-refractivity contribution in [1.29, 1.82) is 0 Å². The summed E-state index contributed by atoms with van der Waals surface area (Å²) in [5.41, 5.74) is 3.74. The molecule has 0 spiro atoms. The summed E-state index contributed by atoms with van der Waals surface area (Å²) < 4.78 is 5.40. The standard InChI is InChI=1S/C21H24N2O3/c1-4-26-18-9-7-17(8-10-18)22-21(25)16-12-20(24)23(13-16)19-11-14(2)5-6-15(19)3/h5-11,16H,4,12-13H2,1-3H3,(H,22,25). The van der Waals surface area contributed by atoms with E-state index in [0.717, 1.165) is 22.6 Å². The van der Waals surface area contributed by atoms with Gasteiger partial charge in [0.15, 0.2) is 0 Å². The van der Waals surface area contributed by atoms with Crippen LogP contribution >= 0.6 is 0 Å². The van der Waals surface area contributed by atoms with Crippen LogP contribution in [-0.4, -0.2) is 25.0 Å². The van der Waals surface area contributed by atoms with Crippen LogP contribution in [-0.2, 0) is 9.59 Å². The van der Waals surface area contributed by atoms with Crippen molar-refractivity contribution in [3.63, 3.8) is 0 Å². The number of ether oxygens (including phenoxy) is 1. The highest BCUT2D eigenvalue weighted by Crippen LogP contribution is 2.29. The minimum atomic E-state index is -0.353. The molecule has 2 amide bonds. The first-order chi connectivity index (χ1) is 12.5. The smallest absolute Gasteiger partial charge is 0.229 e. The van der Waals surface area contributed by atoms with Gasteiger partial charge in [0, 0.05) is 24.3 Å². The number of rotatable bonds is 5. The van der Waals surface area contributed by atoms with E-state index in [9.17, 15) is 9.59 Å². The summed E-state index contributed by atoms with van der Waals surface area (Å²) in [5, 5.41) is 2.90. The van der Waals surface area contributed by atoms with Crippen LogP contribution in [0.25, 0.3) is 0 Å². The molecule has 1 aliphatic heterocycles. The topological polar surface area (TPSA) is 58.6 Å². The summed E-state index contributed by atoms with van der Waals surface area (Å²) in [6.45, 7) is 6.92. The second-order valence-electron chi connectivity index (χ2n) is 6.64. The average Bonchev–Trinajstić information content (AvgIpc) is 3.01. The van der Waals surface area contributed by atoms with Crippen molar-refractivity contribution in [2.75, 3.05) is 23.4 Å². The number of carbonyl (C=O) groups is 2. The predicted octanol–water partition coefficient (Wildman–Crippen LogP) is 3.69. The molecule has 1 heterocycles. The Morgan fingerprint density at radius 3 is 2.62 bits per heavy atom. The van der Waals surface area contributed by atoms with Crippen LogP contribution in [0.15, 0.2) is 42.5 Å². The highest BCUT2D eigenvalue weighted by Gasteiger charge is 2.35. The number of nitrogens with one attached hydrogen (secondary N) is 1. The number of benzene rings is 2. The van der Waals surface area contributed by atoms with Crippen molar-refractivity contribution in [3.05, 3.63) is 53.6 Å². The van der Waals surface area contributed by atoms with Crippen molar-refractivity contribution in [3.8, 4) is 5.75 Å². The fourth-order valence-corrected chi connectivity index (χ4v) is 3.17. The molecule has 1 atom stereocenters. The molecule has 1 fully saturated rings. The van der Waals surface area contributed by atoms with Gasteiger partial charge in [0.1, 0.15) is 5.75 Å². The van der Waals surface area contributed by atoms with Crippen molar-refractivity contribution < 1.29 is 14.3 Å². The molecular weight excluding hydrogens is 328 g/mol. The van der Waals surface area contributed by atoms with Crippen LogP contribution in [0.2, 0.25) is 0 Å². The number of carbonyl (C=O) groups excluding carboxylic acids is 2. The maximum atomic E-state index is 12.6. The zero-order chi connectivity index (χ0) is 18.7. The van der Waals surface area contributed by atoms with Gasteiger partial charge in [-0.3, -0.25) is 9.59 Å². The van der Waals surface area contributed by atoms with E-state index in [1.54, 1.807) is 4.90 Å². The second kappa shape index (κ2) is 7.60. The Kier molecular flexibility index (Phi) is 5.26. The molecule has 26 heavy (non-hydrogen) atoms.